The lowest BCUT2D eigenvalue weighted by Gasteiger charge is -2.23. The second-order valence-corrected chi connectivity index (χ2v) is 25.1. The lowest BCUT2D eigenvalue weighted by atomic mass is 10.1. The van der Waals surface area contributed by atoms with Crippen LogP contribution in [-0.4, -0.2) is 168 Å². The monoisotopic (exact) mass is 1620 g/mol. The molecule has 0 spiro atoms. The van der Waals surface area contributed by atoms with Gasteiger partial charge in [-0.3, -0.25) is 33.6 Å². The number of methoxy groups -OCH3 is 4. The molecule has 0 aliphatic rings. The number of unbranched alkanes of at least 4 members (excludes halogenated alkanes) is 3. The minimum absolute atomic E-state index is 0. The van der Waals surface area contributed by atoms with Crippen molar-refractivity contribution < 1.29 is 175 Å². The van der Waals surface area contributed by atoms with Gasteiger partial charge in [0.25, 0.3) is 0 Å². The van der Waals surface area contributed by atoms with Crippen LogP contribution >= 0.6 is 0 Å². The van der Waals surface area contributed by atoms with Crippen LogP contribution in [0.4, 0.5) is 9.59 Å². The Balaban J connectivity index is -0.000000435. The molecule has 0 fully saturated rings. The molecule has 32 nitrogen and oxygen atoms in total. The number of rotatable bonds is 33. The number of halogens is 4. The topological polar surface area (TPSA) is 509 Å². The van der Waals surface area contributed by atoms with E-state index in [9.17, 15) is 68.1 Å². The van der Waals surface area contributed by atoms with Gasteiger partial charge in [0.1, 0.15) is 35.4 Å². The zero-order valence-corrected chi connectivity index (χ0v) is 66.8. The second kappa shape index (κ2) is 58.8. The maximum absolute atomic E-state index is 12.3. The summed E-state index contributed by atoms with van der Waals surface area (Å²) in [5.74, 6) is -5.59. The van der Waals surface area contributed by atoms with Crippen molar-refractivity contribution in [2.75, 3.05) is 41.5 Å². The smallest absolute Gasteiger partial charge is 0.408 e. The van der Waals surface area contributed by atoms with Gasteiger partial charge in [-0.1, -0.05) is 64.3 Å². The first kappa shape index (κ1) is 108. The number of hydrogen-bond donors (Lipinski definition) is 11. The molecular weight excluding hydrogens is 1520 g/mol. The number of benzene rings is 4. The van der Waals surface area contributed by atoms with E-state index in [2.05, 4.69) is 24.8 Å². The first-order valence-electron chi connectivity index (χ1n) is 33.9. The Kier molecular flexibility index (Phi) is 58.5. The number of carbonyl (C=O) groups is 11. The van der Waals surface area contributed by atoms with Crippen molar-refractivity contribution in [1.82, 2.24) is 10.6 Å². The van der Waals surface area contributed by atoms with E-state index in [1.165, 1.54) is 83.0 Å². The van der Waals surface area contributed by atoms with Crippen LogP contribution in [0, 0.1) is 0 Å². The largest absolute Gasteiger partial charge is 1.00 e. The van der Waals surface area contributed by atoms with Gasteiger partial charge in [0.2, 0.25) is 0 Å². The quantitative estimate of drug-likeness (QED) is 0.00929. The summed E-state index contributed by atoms with van der Waals surface area (Å²) >= 11 is 0. The molecule has 0 saturated carbocycles. The summed E-state index contributed by atoms with van der Waals surface area (Å²) in [5, 5.41) is 50.0. The highest BCUT2D eigenvalue weighted by molar-refractivity contribution is 5.83. The van der Waals surface area contributed by atoms with Crippen LogP contribution in [0.5, 0.6) is 46.0 Å². The number of phenols is 4. The number of aliphatic carboxylic acids is 1. The van der Waals surface area contributed by atoms with Crippen LogP contribution in [0.2, 0.25) is 0 Å². The van der Waals surface area contributed by atoms with E-state index in [1.54, 1.807) is 59.7 Å². The number of carboxylic acids is 1. The first-order valence-corrected chi connectivity index (χ1v) is 33.9. The molecule has 15 N–H and O–H groups in total. The highest BCUT2D eigenvalue weighted by atomic mass is 35.5. The molecule has 0 aromatic heterocycles. The first-order chi connectivity index (χ1) is 49.3. The van der Waals surface area contributed by atoms with Gasteiger partial charge in [-0.05, 0) is 170 Å². The van der Waals surface area contributed by atoms with Gasteiger partial charge in [0.15, 0.2) is 46.0 Å². The van der Waals surface area contributed by atoms with E-state index in [4.69, 9.17) is 66.3 Å². The standard InChI is InChI=1S/C25H37NO8.C18H27N3O6.C15H21NO6.C10H13NO4.C5H10O2.4ClH/c1-7-9-11-21(27)32-19-14-13-17(16-20(19)33-22(28)12-10-8-2)15-18(23(29)31-6)26-24(30)34-25(3,4)5;1-25-18(24)13(21)10-12-6-7-14(26-16(22)4-2-8-19)15(11-12)27-17(23)5-3-9-20;1-15(2,3)22-14(20)16-10(13(19)21-4)7-9-5-6-11(17)12(18)8-9;1-15-10(14)7(11)4-6-2-3-8(12)9(13)5-6;1-2-3-4-5(6)7;;;;/h13-14,16,18H,7-12,15H2,1-6H3,(H,26,30);6-7,11,13H,2-5,8-10,19-21H2,1H3;5-6,8,10,17-18H,7H2,1-4H3,(H,16,20);2-3,5,7,12-13H,4,11H2,1H3;2-4H2,1H3,(H,6,7);4*1H/p-4. The average Bonchev–Trinajstić information content (AvgIpc) is 0.848. The zero-order valence-electron chi connectivity index (χ0n) is 63.8. The highest BCUT2D eigenvalue weighted by Gasteiger charge is 2.29. The van der Waals surface area contributed by atoms with E-state index in [0.717, 1.165) is 25.7 Å². The lowest BCUT2D eigenvalue weighted by Crippen LogP contribution is -3.00. The van der Waals surface area contributed by atoms with Crippen LogP contribution in [-0.2, 0) is 97.3 Å². The molecule has 0 bridgehead atoms. The Morgan fingerprint density at radius 3 is 0.936 bits per heavy atom. The molecular formula is C73H108Cl4N6O26-4. The van der Waals surface area contributed by atoms with Crippen molar-refractivity contribution in [2.24, 2.45) is 22.9 Å². The Morgan fingerprint density at radius 2 is 0.661 bits per heavy atom. The van der Waals surface area contributed by atoms with E-state index < -0.39 is 101 Å². The third-order valence-electron chi connectivity index (χ3n) is 13.5. The fourth-order valence-electron chi connectivity index (χ4n) is 8.26. The number of amides is 2. The number of ether oxygens (including phenoxy) is 10. The lowest BCUT2D eigenvalue weighted by molar-refractivity contribution is -0.143. The number of hydrogen-bond acceptors (Lipinski definition) is 29. The molecule has 0 heterocycles. The van der Waals surface area contributed by atoms with Crippen LogP contribution in [0.25, 0.3) is 0 Å². The summed E-state index contributed by atoms with van der Waals surface area (Å²) in [4.78, 5) is 128. The minimum Gasteiger partial charge on any atom is -1.00 e. The number of carbonyl (C=O) groups excluding carboxylic acids is 10. The fourth-order valence-corrected chi connectivity index (χ4v) is 8.26. The molecule has 0 radical (unpaired) electrons. The number of nitrogens with two attached hydrogens (primary N) is 4. The molecule has 4 aromatic rings. The molecule has 618 valence electrons. The Morgan fingerprint density at radius 1 is 0.385 bits per heavy atom. The molecule has 4 unspecified atom stereocenters. The predicted molar refractivity (Wildman–Crippen MR) is 383 cm³/mol. The number of carboxylic acid groups (broad SMARTS) is 1. The van der Waals surface area contributed by atoms with Crippen LogP contribution in [0.1, 0.15) is 168 Å². The number of esters is 8. The number of alkyl carbamates (subject to hydrolysis) is 2. The van der Waals surface area contributed by atoms with Crippen molar-refractivity contribution in [3.8, 4) is 46.0 Å². The number of nitrogens with one attached hydrogen (secondary N) is 2. The third kappa shape index (κ3) is 49.5. The van der Waals surface area contributed by atoms with Crippen LogP contribution in [0.15, 0.2) is 72.8 Å². The van der Waals surface area contributed by atoms with Crippen LogP contribution in [0.3, 0.4) is 0 Å². The molecule has 109 heavy (non-hydrogen) atoms. The van der Waals surface area contributed by atoms with Gasteiger partial charge in [-0.25, -0.2) is 19.2 Å². The van der Waals surface area contributed by atoms with Gasteiger partial charge < -0.3 is 156 Å². The number of phenolic OH excluding ortho intramolecular Hbond substituents is 4. The summed E-state index contributed by atoms with van der Waals surface area (Å²) in [6.45, 7) is 16.9. The third-order valence-corrected chi connectivity index (χ3v) is 13.5. The van der Waals surface area contributed by atoms with Gasteiger partial charge in [-0.2, -0.15) is 0 Å². The van der Waals surface area contributed by atoms with Crippen molar-refractivity contribution in [2.45, 2.75) is 207 Å². The van der Waals surface area contributed by atoms with Gasteiger partial charge in [-0.15, -0.1) is 0 Å². The Hall–Kier alpha value is -9.15. The van der Waals surface area contributed by atoms with Crippen LogP contribution < -0.4 is 102 Å². The molecule has 0 aliphatic heterocycles. The normalized spacial score (nSPS) is 11.3. The van der Waals surface area contributed by atoms with Crippen molar-refractivity contribution >= 4 is 65.9 Å². The van der Waals surface area contributed by atoms with E-state index in [-0.39, 0.29) is 147 Å². The molecule has 0 saturated heterocycles. The van der Waals surface area contributed by atoms with E-state index in [1.807, 2.05) is 20.8 Å². The fraction of sp³-hybridized carbons (Fsp3) is 0.521. The van der Waals surface area contributed by atoms with Crippen molar-refractivity contribution in [3.63, 3.8) is 0 Å². The van der Waals surface area contributed by atoms with Gasteiger partial charge in [0.05, 0.1) is 28.4 Å². The molecule has 0 aliphatic carbocycles. The Bertz CT molecular complexity index is 3430. The molecule has 4 atom stereocenters. The van der Waals surface area contributed by atoms with Gasteiger partial charge in [0, 0.05) is 44.9 Å². The van der Waals surface area contributed by atoms with E-state index >= 15 is 0 Å². The minimum atomic E-state index is -1.04. The summed E-state index contributed by atoms with van der Waals surface area (Å²) in [6, 6.07) is 14.0. The summed E-state index contributed by atoms with van der Waals surface area (Å²) in [7, 11) is 4.93. The summed E-state index contributed by atoms with van der Waals surface area (Å²) in [6.07, 6.45) is 5.80. The molecule has 4 aromatic carbocycles. The SMILES string of the molecule is CCCCC(=O)O.CCCCC(=O)Oc1ccc(CC(NC(=O)OC(C)(C)C)C(=O)OC)cc1OC(=O)CCCC.COC(=O)C(Cc1ccc(O)c(O)c1)NC(=O)OC(C)(C)C.COC(=O)C(N)Cc1ccc(O)c(O)c1.COC(=O)C(N)Cc1ccc(OC(=O)CCCN)c(OC(=O)CCCN)c1.[Cl-].[Cl-].[Cl-].[Cl-]. The number of aromatic hydroxyl groups is 4. The molecule has 2 amide bonds. The molecule has 36 heteroatoms. The predicted octanol–water partition coefficient (Wildman–Crippen LogP) is -4.37. The Labute approximate surface area is 660 Å². The van der Waals surface area contributed by atoms with Crippen molar-refractivity contribution in [1.29, 1.82) is 0 Å². The molecule has 4 rings (SSSR count). The summed E-state index contributed by atoms with van der Waals surface area (Å²) in [5.41, 5.74) is 23.0. The zero-order chi connectivity index (χ0) is 80.0. The summed E-state index contributed by atoms with van der Waals surface area (Å²) < 4.78 is 50.3. The van der Waals surface area contributed by atoms with E-state index in [0.29, 0.717) is 67.4 Å². The maximum atomic E-state index is 12.3. The second-order valence-electron chi connectivity index (χ2n) is 25.1. The highest BCUT2D eigenvalue weighted by Crippen LogP contribution is 2.33. The van der Waals surface area contributed by atoms with Gasteiger partial charge >= 0.3 is 65.9 Å². The van der Waals surface area contributed by atoms with Crippen molar-refractivity contribution in [3.05, 3.63) is 95.1 Å². The maximum Gasteiger partial charge on any atom is 0.408 e. The average molecular weight is 1630 g/mol.